The number of thiazole rings is 1. The van der Waals surface area contributed by atoms with Crippen molar-refractivity contribution in [1.29, 1.82) is 0 Å². The van der Waals surface area contributed by atoms with Crippen molar-refractivity contribution in [3.05, 3.63) is 29.3 Å². The molecule has 0 N–H and O–H groups in total. The van der Waals surface area contributed by atoms with Crippen molar-refractivity contribution in [3.8, 4) is 0 Å². The SMILES string of the molecule is CC(C)(C)CCCc1nc2ccccc2s1. The van der Waals surface area contributed by atoms with Gasteiger partial charge in [0.25, 0.3) is 0 Å². The summed E-state index contributed by atoms with van der Waals surface area (Å²) in [5.41, 5.74) is 1.59. The lowest BCUT2D eigenvalue weighted by molar-refractivity contribution is 0.365. The van der Waals surface area contributed by atoms with Crippen molar-refractivity contribution in [3.63, 3.8) is 0 Å². The molecular weight excluding hydrogens is 214 g/mol. The minimum atomic E-state index is 0.441. The molecule has 0 saturated carbocycles. The van der Waals surface area contributed by atoms with E-state index in [1.807, 2.05) is 11.3 Å². The normalized spacial score (nSPS) is 12.2. The van der Waals surface area contributed by atoms with E-state index >= 15 is 0 Å². The second-order valence-corrected chi connectivity index (χ2v) is 6.60. The van der Waals surface area contributed by atoms with Gasteiger partial charge in [-0.15, -0.1) is 11.3 Å². The lowest BCUT2D eigenvalue weighted by atomic mass is 9.90. The van der Waals surface area contributed by atoms with E-state index in [0.29, 0.717) is 5.41 Å². The van der Waals surface area contributed by atoms with Crippen LogP contribution in [0.5, 0.6) is 0 Å². The van der Waals surface area contributed by atoms with Gasteiger partial charge in [0.05, 0.1) is 15.2 Å². The van der Waals surface area contributed by atoms with Gasteiger partial charge in [0.15, 0.2) is 0 Å². The molecule has 86 valence electrons. The first-order valence-corrected chi connectivity index (χ1v) is 6.71. The molecule has 0 bridgehead atoms. The monoisotopic (exact) mass is 233 g/mol. The molecule has 0 amide bonds. The van der Waals surface area contributed by atoms with Gasteiger partial charge in [-0.2, -0.15) is 0 Å². The van der Waals surface area contributed by atoms with Gasteiger partial charge < -0.3 is 0 Å². The third kappa shape index (κ3) is 3.05. The fourth-order valence-corrected chi connectivity index (χ4v) is 2.81. The van der Waals surface area contributed by atoms with Crippen molar-refractivity contribution in [2.75, 3.05) is 0 Å². The van der Waals surface area contributed by atoms with E-state index in [9.17, 15) is 0 Å². The van der Waals surface area contributed by atoms with Gasteiger partial charge in [0.1, 0.15) is 0 Å². The van der Waals surface area contributed by atoms with E-state index in [1.165, 1.54) is 22.5 Å². The average Bonchev–Trinajstić information content (AvgIpc) is 2.57. The molecule has 0 radical (unpaired) electrons. The third-order valence-corrected chi connectivity index (χ3v) is 3.75. The van der Waals surface area contributed by atoms with Gasteiger partial charge in [0, 0.05) is 0 Å². The lowest BCUT2D eigenvalue weighted by Gasteiger charge is -2.16. The average molecular weight is 233 g/mol. The second kappa shape index (κ2) is 4.54. The smallest absolute Gasteiger partial charge is 0.0938 e. The number of fused-ring (bicyclic) bond motifs is 1. The molecule has 0 spiro atoms. The van der Waals surface area contributed by atoms with Crippen LogP contribution in [0.15, 0.2) is 24.3 Å². The predicted molar refractivity (Wildman–Crippen MR) is 72.0 cm³/mol. The number of nitrogens with zero attached hydrogens (tertiary/aromatic N) is 1. The summed E-state index contributed by atoms with van der Waals surface area (Å²) in [6.45, 7) is 6.89. The predicted octanol–water partition coefficient (Wildman–Crippen LogP) is 4.67. The van der Waals surface area contributed by atoms with Crippen molar-refractivity contribution < 1.29 is 0 Å². The Morgan fingerprint density at radius 2 is 1.94 bits per heavy atom. The molecule has 2 rings (SSSR count). The molecule has 1 heterocycles. The molecule has 0 aliphatic carbocycles. The summed E-state index contributed by atoms with van der Waals surface area (Å²) >= 11 is 1.84. The first-order valence-electron chi connectivity index (χ1n) is 5.89. The summed E-state index contributed by atoms with van der Waals surface area (Å²) in [6.07, 6.45) is 3.63. The largest absolute Gasteiger partial charge is 0.241 e. The van der Waals surface area contributed by atoms with E-state index in [4.69, 9.17) is 0 Å². The van der Waals surface area contributed by atoms with Crippen LogP contribution in [0.25, 0.3) is 10.2 Å². The molecule has 1 aromatic heterocycles. The molecule has 0 aliphatic heterocycles. The van der Waals surface area contributed by atoms with Crippen LogP contribution in [-0.2, 0) is 6.42 Å². The van der Waals surface area contributed by atoms with Crippen LogP contribution >= 0.6 is 11.3 Å². The van der Waals surface area contributed by atoms with Gasteiger partial charge in [-0.1, -0.05) is 32.9 Å². The highest BCUT2D eigenvalue weighted by Gasteiger charge is 2.10. The molecule has 1 aromatic carbocycles. The van der Waals surface area contributed by atoms with Crippen molar-refractivity contribution in [1.82, 2.24) is 4.98 Å². The standard InChI is InChI=1S/C14H19NS/c1-14(2,3)10-6-9-13-15-11-7-4-5-8-12(11)16-13/h4-5,7-8H,6,9-10H2,1-3H3. The highest BCUT2D eigenvalue weighted by Crippen LogP contribution is 2.25. The van der Waals surface area contributed by atoms with E-state index < -0.39 is 0 Å². The molecular formula is C14H19NS. The van der Waals surface area contributed by atoms with Gasteiger partial charge in [-0.3, -0.25) is 0 Å². The zero-order valence-electron chi connectivity index (χ0n) is 10.3. The summed E-state index contributed by atoms with van der Waals surface area (Å²) in [6, 6.07) is 8.39. The number of aromatic nitrogens is 1. The van der Waals surface area contributed by atoms with Crippen LogP contribution in [0.1, 0.15) is 38.6 Å². The zero-order chi connectivity index (χ0) is 11.6. The Labute approximate surface area is 102 Å². The van der Waals surface area contributed by atoms with Crippen LogP contribution in [-0.4, -0.2) is 4.98 Å². The summed E-state index contributed by atoms with van der Waals surface area (Å²) < 4.78 is 1.31. The number of hydrogen-bond acceptors (Lipinski definition) is 2. The minimum absolute atomic E-state index is 0.441. The molecule has 2 aromatic rings. The first-order chi connectivity index (χ1) is 7.54. The summed E-state index contributed by atoms with van der Waals surface area (Å²) in [7, 11) is 0. The zero-order valence-corrected chi connectivity index (χ0v) is 11.1. The van der Waals surface area contributed by atoms with Crippen LogP contribution < -0.4 is 0 Å². The van der Waals surface area contributed by atoms with E-state index in [1.54, 1.807) is 0 Å². The second-order valence-electron chi connectivity index (χ2n) is 5.49. The molecule has 16 heavy (non-hydrogen) atoms. The Morgan fingerprint density at radius 1 is 1.19 bits per heavy atom. The number of para-hydroxylation sites is 1. The Balaban J connectivity index is 2.00. The van der Waals surface area contributed by atoms with Crippen molar-refractivity contribution >= 4 is 21.6 Å². The van der Waals surface area contributed by atoms with Crippen LogP contribution in [0.2, 0.25) is 0 Å². The fourth-order valence-electron chi connectivity index (χ4n) is 1.80. The number of benzene rings is 1. The van der Waals surface area contributed by atoms with Gasteiger partial charge in [0.2, 0.25) is 0 Å². The highest BCUT2D eigenvalue weighted by molar-refractivity contribution is 7.18. The molecule has 2 heteroatoms. The Hall–Kier alpha value is -0.890. The van der Waals surface area contributed by atoms with Gasteiger partial charge in [-0.05, 0) is 36.8 Å². The van der Waals surface area contributed by atoms with Crippen molar-refractivity contribution in [2.45, 2.75) is 40.0 Å². The maximum absolute atomic E-state index is 4.65. The third-order valence-electron chi connectivity index (χ3n) is 2.66. The van der Waals surface area contributed by atoms with Crippen LogP contribution in [0, 0.1) is 5.41 Å². The lowest BCUT2D eigenvalue weighted by Crippen LogP contribution is -2.04. The maximum Gasteiger partial charge on any atom is 0.0938 e. The van der Waals surface area contributed by atoms with Crippen LogP contribution in [0.3, 0.4) is 0 Å². The molecule has 0 aliphatic rings. The Bertz CT molecular complexity index is 432. The Kier molecular flexibility index (Phi) is 3.29. The Morgan fingerprint density at radius 3 is 2.62 bits per heavy atom. The van der Waals surface area contributed by atoms with E-state index in [-0.39, 0.29) is 0 Å². The molecule has 0 fully saturated rings. The van der Waals surface area contributed by atoms with Crippen molar-refractivity contribution in [2.24, 2.45) is 5.41 Å². The summed E-state index contributed by atoms with van der Waals surface area (Å²) in [4.78, 5) is 4.65. The molecule has 0 atom stereocenters. The van der Waals surface area contributed by atoms with E-state index in [2.05, 4.69) is 50.0 Å². The molecule has 0 saturated heterocycles. The number of rotatable bonds is 3. The quantitative estimate of drug-likeness (QED) is 0.751. The number of aryl methyl sites for hydroxylation is 1. The topological polar surface area (TPSA) is 12.9 Å². The molecule has 1 nitrogen and oxygen atoms in total. The van der Waals surface area contributed by atoms with Gasteiger partial charge in [-0.25, -0.2) is 4.98 Å². The first kappa shape index (κ1) is 11.6. The summed E-state index contributed by atoms with van der Waals surface area (Å²) in [5, 5.41) is 1.28. The van der Waals surface area contributed by atoms with Crippen LogP contribution in [0.4, 0.5) is 0 Å². The molecule has 0 unspecified atom stereocenters. The number of hydrogen-bond donors (Lipinski definition) is 0. The maximum atomic E-state index is 4.65. The fraction of sp³-hybridized carbons (Fsp3) is 0.500. The van der Waals surface area contributed by atoms with Gasteiger partial charge >= 0.3 is 0 Å². The van der Waals surface area contributed by atoms with E-state index in [0.717, 1.165) is 11.9 Å². The highest BCUT2D eigenvalue weighted by atomic mass is 32.1. The summed E-state index contributed by atoms with van der Waals surface area (Å²) in [5.74, 6) is 0. The minimum Gasteiger partial charge on any atom is -0.241 e.